The monoisotopic (exact) mass is 247 g/mol. The van der Waals surface area contributed by atoms with Crippen LogP contribution in [0, 0.1) is 0 Å². The van der Waals surface area contributed by atoms with E-state index >= 15 is 0 Å². The number of hydrogen-bond acceptors (Lipinski definition) is 2. The van der Waals surface area contributed by atoms with Gasteiger partial charge in [-0.15, -0.1) is 0 Å². The summed E-state index contributed by atoms with van der Waals surface area (Å²) >= 11 is 0. The number of nitrogens with one attached hydrogen (secondary N) is 1. The van der Waals surface area contributed by atoms with E-state index in [9.17, 15) is 4.79 Å². The number of aldehydes is 1. The lowest BCUT2D eigenvalue weighted by Gasteiger charge is -1.99. The van der Waals surface area contributed by atoms with Gasteiger partial charge in [0, 0.05) is 23.0 Å². The van der Waals surface area contributed by atoms with Crippen molar-refractivity contribution in [2.45, 2.75) is 0 Å². The summed E-state index contributed by atoms with van der Waals surface area (Å²) in [5.41, 5.74) is 5.03. The number of carbonyl (C=O) groups is 1. The van der Waals surface area contributed by atoms with Crippen molar-refractivity contribution in [2.75, 3.05) is 5.32 Å². The minimum absolute atomic E-state index is 0.704. The molecule has 0 fully saturated rings. The Labute approximate surface area is 112 Å². The third-order valence-electron chi connectivity index (χ3n) is 3.14. The lowest BCUT2D eigenvalue weighted by molar-refractivity contribution is -0.104. The average molecular weight is 247 g/mol. The molecule has 0 aromatic rings. The molecule has 0 bridgehead atoms. The molecule has 0 saturated heterocycles. The van der Waals surface area contributed by atoms with E-state index < -0.39 is 0 Å². The Kier molecular flexibility index (Phi) is 2.99. The maximum absolute atomic E-state index is 10.8. The van der Waals surface area contributed by atoms with Crippen molar-refractivity contribution in [2.24, 2.45) is 0 Å². The molecule has 1 N–H and O–H groups in total. The van der Waals surface area contributed by atoms with Crippen LogP contribution in [0.1, 0.15) is 0 Å². The third kappa shape index (κ3) is 2.33. The molecule has 0 radical (unpaired) electrons. The number of rotatable bonds is 3. The molecule has 0 aromatic heterocycles. The van der Waals surface area contributed by atoms with Gasteiger partial charge in [0.15, 0.2) is 6.29 Å². The lowest BCUT2D eigenvalue weighted by atomic mass is 10.2. The SMILES string of the molecule is O=CC1=CC=C/C1=C/Nc1cc2cccccc-2c1. The van der Waals surface area contributed by atoms with Crippen LogP contribution in [0.3, 0.4) is 0 Å². The summed E-state index contributed by atoms with van der Waals surface area (Å²) in [4.78, 5) is 10.8. The van der Waals surface area contributed by atoms with E-state index in [1.54, 1.807) is 0 Å². The zero-order valence-electron chi connectivity index (χ0n) is 10.3. The Hall–Kier alpha value is -2.61. The fraction of sp³-hybridized carbons (Fsp3) is 0. The molecule has 0 amide bonds. The molecule has 92 valence electrons. The van der Waals surface area contributed by atoms with Gasteiger partial charge in [0.2, 0.25) is 0 Å². The average Bonchev–Trinajstić information content (AvgIpc) is 2.98. The number of allylic oxidation sites excluding steroid dienone is 5. The van der Waals surface area contributed by atoms with Gasteiger partial charge < -0.3 is 5.32 Å². The largest absolute Gasteiger partial charge is 0.361 e. The van der Waals surface area contributed by atoms with Crippen molar-refractivity contribution in [3.8, 4) is 11.1 Å². The number of fused-ring (bicyclic) bond motifs is 1. The molecular weight excluding hydrogens is 234 g/mol. The highest BCUT2D eigenvalue weighted by Gasteiger charge is 2.06. The van der Waals surface area contributed by atoms with Crippen LogP contribution in [-0.2, 0) is 4.79 Å². The van der Waals surface area contributed by atoms with Crippen LogP contribution in [-0.4, -0.2) is 6.29 Å². The van der Waals surface area contributed by atoms with Gasteiger partial charge in [0.25, 0.3) is 0 Å². The van der Waals surface area contributed by atoms with Gasteiger partial charge in [-0.25, -0.2) is 0 Å². The first-order valence-electron chi connectivity index (χ1n) is 6.16. The van der Waals surface area contributed by atoms with Gasteiger partial charge in [-0.1, -0.05) is 48.6 Å². The maximum atomic E-state index is 10.8. The van der Waals surface area contributed by atoms with Crippen LogP contribution in [0.4, 0.5) is 5.69 Å². The van der Waals surface area contributed by atoms with Crippen LogP contribution in [0.5, 0.6) is 0 Å². The van der Waals surface area contributed by atoms with E-state index in [-0.39, 0.29) is 0 Å². The van der Waals surface area contributed by atoms with E-state index in [1.165, 1.54) is 11.1 Å². The molecule has 2 heteroatoms. The normalized spacial score (nSPS) is 15.8. The molecule has 3 aliphatic rings. The highest BCUT2D eigenvalue weighted by molar-refractivity contribution is 5.85. The summed E-state index contributed by atoms with van der Waals surface area (Å²) in [7, 11) is 0. The van der Waals surface area contributed by atoms with Crippen molar-refractivity contribution in [3.05, 3.63) is 78.0 Å². The molecule has 0 spiro atoms. The number of carbonyl (C=O) groups excluding carboxylic acids is 1. The first kappa shape index (κ1) is 11.5. The van der Waals surface area contributed by atoms with Crippen molar-refractivity contribution >= 4 is 12.0 Å². The Morgan fingerprint density at radius 3 is 2.42 bits per heavy atom. The molecule has 3 rings (SSSR count). The number of hydrogen-bond donors (Lipinski definition) is 1. The van der Waals surface area contributed by atoms with E-state index in [0.717, 1.165) is 17.5 Å². The van der Waals surface area contributed by atoms with E-state index in [1.807, 2.05) is 42.6 Å². The Balaban J connectivity index is 1.85. The molecular formula is C17H13NO. The molecule has 0 atom stereocenters. The molecule has 3 aliphatic carbocycles. The fourth-order valence-corrected chi connectivity index (χ4v) is 2.15. The van der Waals surface area contributed by atoms with Gasteiger partial charge in [-0.3, -0.25) is 4.79 Å². The Morgan fingerprint density at radius 2 is 1.74 bits per heavy atom. The molecule has 0 aromatic carbocycles. The van der Waals surface area contributed by atoms with Crippen LogP contribution in [0.25, 0.3) is 11.1 Å². The third-order valence-corrected chi connectivity index (χ3v) is 3.14. The summed E-state index contributed by atoms with van der Waals surface area (Å²) in [5.74, 6) is 0. The van der Waals surface area contributed by atoms with Gasteiger partial charge in [0.05, 0.1) is 0 Å². The molecule has 0 aliphatic heterocycles. The van der Waals surface area contributed by atoms with Crippen molar-refractivity contribution in [3.63, 3.8) is 0 Å². The highest BCUT2D eigenvalue weighted by atomic mass is 16.1. The molecule has 0 saturated carbocycles. The van der Waals surface area contributed by atoms with Crippen molar-refractivity contribution < 1.29 is 4.79 Å². The predicted octanol–water partition coefficient (Wildman–Crippen LogP) is 3.78. The summed E-state index contributed by atoms with van der Waals surface area (Å²) in [6.45, 7) is 0. The van der Waals surface area contributed by atoms with E-state index in [0.29, 0.717) is 5.57 Å². The smallest absolute Gasteiger partial charge is 0.150 e. The summed E-state index contributed by atoms with van der Waals surface area (Å²) in [6.07, 6.45) is 8.33. The van der Waals surface area contributed by atoms with Crippen LogP contribution < -0.4 is 5.32 Å². The second-order valence-corrected chi connectivity index (χ2v) is 4.41. The van der Waals surface area contributed by atoms with E-state index in [4.69, 9.17) is 0 Å². The summed E-state index contributed by atoms with van der Waals surface area (Å²) < 4.78 is 0. The first-order chi connectivity index (χ1) is 9.36. The molecule has 2 nitrogen and oxygen atoms in total. The van der Waals surface area contributed by atoms with E-state index in [2.05, 4.69) is 29.6 Å². The van der Waals surface area contributed by atoms with Gasteiger partial charge >= 0.3 is 0 Å². The van der Waals surface area contributed by atoms with Crippen LogP contribution in [0.15, 0.2) is 78.0 Å². The molecule has 19 heavy (non-hydrogen) atoms. The summed E-state index contributed by atoms with van der Waals surface area (Å²) in [5, 5.41) is 3.24. The quantitative estimate of drug-likeness (QED) is 0.836. The van der Waals surface area contributed by atoms with Crippen LogP contribution in [0.2, 0.25) is 0 Å². The van der Waals surface area contributed by atoms with Gasteiger partial charge in [-0.2, -0.15) is 0 Å². The second-order valence-electron chi connectivity index (χ2n) is 4.41. The molecule has 0 unspecified atom stereocenters. The summed E-state index contributed by atoms with van der Waals surface area (Å²) in [6, 6.07) is 14.4. The standard InChI is InChI=1S/C17H13NO/c19-12-16-8-4-7-15(16)11-18-17-9-13-5-2-1-3-6-14(13)10-17/h1-12,18H/b15-11-. The minimum Gasteiger partial charge on any atom is -0.361 e. The first-order valence-corrected chi connectivity index (χ1v) is 6.16. The second kappa shape index (κ2) is 4.94. The topological polar surface area (TPSA) is 29.1 Å². The highest BCUT2D eigenvalue weighted by Crippen LogP contribution is 2.28. The van der Waals surface area contributed by atoms with Gasteiger partial charge in [-0.05, 0) is 23.3 Å². The fourth-order valence-electron chi connectivity index (χ4n) is 2.15. The lowest BCUT2D eigenvalue weighted by Crippen LogP contribution is -1.91. The molecule has 0 heterocycles. The predicted molar refractivity (Wildman–Crippen MR) is 78.1 cm³/mol. The van der Waals surface area contributed by atoms with Crippen molar-refractivity contribution in [1.29, 1.82) is 0 Å². The minimum atomic E-state index is 0.704. The zero-order chi connectivity index (χ0) is 13.1. The maximum Gasteiger partial charge on any atom is 0.150 e. The van der Waals surface area contributed by atoms with Crippen LogP contribution >= 0.6 is 0 Å². The zero-order valence-corrected chi connectivity index (χ0v) is 10.3. The number of anilines is 1. The van der Waals surface area contributed by atoms with Gasteiger partial charge in [0.1, 0.15) is 0 Å². The Morgan fingerprint density at radius 1 is 1.00 bits per heavy atom. The Bertz CT molecular complexity index is 649. The van der Waals surface area contributed by atoms with Crippen molar-refractivity contribution in [1.82, 2.24) is 0 Å².